The topological polar surface area (TPSA) is 26.3 Å². The number of ether oxygens (including phenoxy) is 1. The summed E-state index contributed by atoms with van der Waals surface area (Å²) >= 11 is 0. The minimum atomic E-state index is -0.121. The van der Waals surface area contributed by atoms with Crippen molar-refractivity contribution in [2.75, 3.05) is 0 Å². The second-order valence-corrected chi connectivity index (χ2v) is 3.98. The van der Waals surface area contributed by atoms with Crippen LogP contribution < -0.4 is 0 Å². The van der Waals surface area contributed by atoms with Crippen LogP contribution in [-0.4, -0.2) is 12.1 Å². The van der Waals surface area contributed by atoms with E-state index >= 15 is 0 Å². The number of carbonyl (C=O) groups excluding carboxylic acids is 1. The van der Waals surface area contributed by atoms with E-state index in [0.717, 1.165) is 31.3 Å². The maximum Gasteiger partial charge on any atom is 0.306 e. The summed E-state index contributed by atoms with van der Waals surface area (Å²) in [6.45, 7) is 11.2. The molecule has 0 saturated heterocycles. The fourth-order valence-electron chi connectivity index (χ4n) is 1.21. The van der Waals surface area contributed by atoms with Crippen molar-refractivity contribution >= 4 is 5.97 Å². The van der Waals surface area contributed by atoms with Gasteiger partial charge in [0.1, 0.15) is 0 Å². The Morgan fingerprint density at radius 1 is 1.47 bits per heavy atom. The third kappa shape index (κ3) is 9.26. The van der Waals surface area contributed by atoms with Gasteiger partial charge in [-0.25, -0.2) is 0 Å². The summed E-state index contributed by atoms with van der Waals surface area (Å²) in [6, 6.07) is 0. The van der Waals surface area contributed by atoms with E-state index in [-0.39, 0.29) is 12.1 Å². The summed E-state index contributed by atoms with van der Waals surface area (Å²) in [5.41, 5.74) is 1.02. The molecule has 0 aromatic heterocycles. The fraction of sp³-hybridized carbons (Fsp3) is 0.615. The zero-order valence-corrected chi connectivity index (χ0v) is 9.92. The van der Waals surface area contributed by atoms with Gasteiger partial charge in [0.25, 0.3) is 0 Å². The molecule has 86 valence electrons. The maximum atomic E-state index is 11.3. The molecule has 0 N–H and O–H groups in total. The summed E-state index contributed by atoms with van der Waals surface area (Å²) in [6.07, 6.45) is 5.98. The van der Waals surface area contributed by atoms with Crippen molar-refractivity contribution in [2.45, 2.75) is 52.1 Å². The van der Waals surface area contributed by atoms with Crippen molar-refractivity contribution in [3.8, 4) is 0 Å². The van der Waals surface area contributed by atoms with Gasteiger partial charge >= 0.3 is 5.97 Å². The molecular formula is C13H22O2. The highest BCUT2D eigenvalue weighted by atomic mass is 16.5. The van der Waals surface area contributed by atoms with Crippen LogP contribution in [0.3, 0.4) is 0 Å². The van der Waals surface area contributed by atoms with Gasteiger partial charge in [0.15, 0.2) is 0 Å². The van der Waals surface area contributed by atoms with Crippen molar-refractivity contribution in [3.63, 3.8) is 0 Å². The second-order valence-electron chi connectivity index (χ2n) is 3.98. The maximum absolute atomic E-state index is 11.3. The Bertz CT molecular complexity index is 219. The quantitative estimate of drug-likeness (QED) is 0.347. The van der Waals surface area contributed by atoms with Gasteiger partial charge in [0.05, 0.1) is 6.10 Å². The highest BCUT2D eigenvalue weighted by molar-refractivity contribution is 5.69. The summed E-state index contributed by atoms with van der Waals surface area (Å²) in [5, 5.41) is 0. The van der Waals surface area contributed by atoms with Gasteiger partial charge in [-0.15, -0.1) is 13.2 Å². The van der Waals surface area contributed by atoms with Crippen LogP contribution in [-0.2, 0) is 9.53 Å². The Morgan fingerprint density at radius 3 is 2.67 bits per heavy atom. The van der Waals surface area contributed by atoms with Crippen LogP contribution in [0.4, 0.5) is 0 Å². The Balaban J connectivity index is 3.57. The number of hydrogen-bond donors (Lipinski definition) is 0. The molecule has 1 atom stereocenters. The van der Waals surface area contributed by atoms with Crippen LogP contribution in [0.5, 0.6) is 0 Å². The van der Waals surface area contributed by atoms with E-state index < -0.39 is 0 Å². The van der Waals surface area contributed by atoms with Crippen molar-refractivity contribution in [3.05, 3.63) is 24.8 Å². The molecule has 2 heteroatoms. The Hall–Kier alpha value is -1.05. The van der Waals surface area contributed by atoms with Crippen molar-refractivity contribution in [1.29, 1.82) is 0 Å². The number of hydrogen-bond acceptors (Lipinski definition) is 2. The normalized spacial score (nSPS) is 11.9. The summed E-state index contributed by atoms with van der Waals surface area (Å²) < 4.78 is 5.23. The zero-order chi connectivity index (χ0) is 11.7. The predicted molar refractivity (Wildman–Crippen MR) is 63.7 cm³/mol. The van der Waals surface area contributed by atoms with Gasteiger partial charge in [0, 0.05) is 6.42 Å². The van der Waals surface area contributed by atoms with E-state index in [0.29, 0.717) is 6.42 Å². The average molecular weight is 210 g/mol. The highest BCUT2D eigenvalue weighted by Crippen LogP contribution is 2.08. The lowest BCUT2D eigenvalue weighted by atomic mass is 10.1. The average Bonchev–Trinajstić information content (AvgIpc) is 2.15. The summed E-state index contributed by atoms with van der Waals surface area (Å²) in [7, 11) is 0. The van der Waals surface area contributed by atoms with Gasteiger partial charge in [0.2, 0.25) is 0 Å². The molecule has 0 spiro atoms. The third-order valence-electron chi connectivity index (χ3n) is 2.11. The van der Waals surface area contributed by atoms with Gasteiger partial charge in [-0.2, -0.15) is 0 Å². The molecule has 0 aliphatic heterocycles. The van der Waals surface area contributed by atoms with Crippen LogP contribution in [0.25, 0.3) is 0 Å². The Kier molecular flexibility index (Phi) is 7.69. The number of allylic oxidation sites excluding steroid dienone is 2. The van der Waals surface area contributed by atoms with Gasteiger partial charge in [-0.3, -0.25) is 4.79 Å². The lowest BCUT2D eigenvalue weighted by Gasteiger charge is -2.12. The first-order valence-electron chi connectivity index (χ1n) is 5.51. The molecular weight excluding hydrogens is 188 g/mol. The van der Waals surface area contributed by atoms with E-state index in [1.807, 2.05) is 19.9 Å². The number of rotatable bonds is 8. The summed E-state index contributed by atoms with van der Waals surface area (Å²) in [4.78, 5) is 11.3. The number of unbranched alkanes of at least 4 members (excludes halogenated alkanes) is 1. The first-order chi connectivity index (χ1) is 7.06. The van der Waals surface area contributed by atoms with Gasteiger partial charge < -0.3 is 4.74 Å². The standard InChI is InChI=1S/C13H22O2/c1-5-6-7-8-12(4)15-13(14)10-9-11(2)3/h5,12H,1-2,6-10H2,3-4H3. The van der Waals surface area contributed by atoms with Crippen molar-refractivity contribution < 1.29 is 9.53 Å². The molecule has 2 nitrogen and oxygen atoms in total. The van der Waals surface area contributed by atoms with Crippen molar-refractivity contribution in [1.82, 2.24) is 0 Å². The molecule has 0 aromatic carbocycles. The molecule has 0 bridgehead atoms. The summed E-state index contributed by atoms with van der Waals surface area (Å²) in [5.74, 6) is -0.121. The SMILES string of the molecule is C=CCCCC(C)OC(=O)CCC(=C)C. The molecule has 0 amide bonds. The first kappa shape index (κ1) is 13.9. The molecule has 0 heterocycles. The molecule has 0 aliphatic rings. The molecule has 0 aromatic rings. The molecule has 0 aliphatic carbocycles. The van der Waals surface area contributed by atoms with E-state index in [2.05, 4.69) is 13.2 Å². The fourth-order valence-corrected chi connectivity index (χ4v) is 1.21. The molecule has 0 radical (unpaired) electrons. The van der Waals surface area contributed by atoms with E-state index in [1.165, 1.54) is 0 Å². The molecule has 0 fully saturated rings. The lowest BCUT2D eigenvalue weighted by Crippen LogP contribution is -2.14. The Labute approximate surface area is 93.0 Å². The molecule has 1 unspecified atom stereocenters. The van der Waals surface area contributed by atoms with E-state index in [4.69, 9.17) is 4.74 Å². The first-order valence-corrected chi connectivity index (χ1v) is 5.51. The number of esters is 1. The zero-order valence-electron chi connectivity index (χ0n) is 9.92. The predicted octanol–water partition coefficient (Wildman–Crippen LogP) is 3.63. The number of carbonyl (C=O) groups is 1. The third-order valence-corrected chi connectivity index (χ3v) is 2.11. The smallest absolute Gasteiger partial charge is 0.306 e. The Morgan fingerprint density at radius 2 is 2.13 bits per heavy atom. The lowest BCUT2D eigenvalue weighted by molar-refractivity contribution is -0.148. The second kappa shape index (κ2) is 8.27. The van der Waals surface area contributed by atoms with Gasteiger partial charge in [-0.05, 0) is 39.5 Å². The van der Waals surface area contributed by atoms with Crippen molar-refractivity contribution in [2.24, 2.45) is 0 Å². The van der Waals surface area contributed by atoms with Crippen LogP contribution in [0.15, 0.2) is 24.8 Å². The van der Waals surface area contributed by atoms with Crippen LogP contribution in [0, 0.1) is 0 Å². The minimum Gasteiger partial charge on any atom is -0.463 e. The van der Waals surface area contributed by atoms with Crippen LogP contribution in [0.1, 0.15) is 46.0 Å². The molecule has 0 saturated carbocycles. The van der Waals surface area contributed by atoms with E-state index in [9.17, 15) is 4.79 Å². The molecule has 0 rings (SSSR count). The monoisotopic (exact) mass is 210 g/mol. The minimum absolute atomic E-state index is 0.0163. The highest BCUT2D eigenvalue weighted by Gasteiger charge is 2.08. The largest absolute Gasteiger partial charge is 0.463 e. The van der Waals surface area contributed by atoms with Crippen LogP contribution >= 0.6 is 0 Å². The van der Waals surface area contributed by atoms with Gasteiger partial charge in [-0.1, -0.05) is 11.6 Å². The van der Waals surface area contributed by atoms with Crippen LogP contribution in [0.2, 0.25) is 0 Å². The molecule has 15 heavy (non-hydrogen) atoms. The van der Waals surface area contributed by atoms with E-state index in [1.54, 1.807) is 0 Å².